The zero-order valence-corrected chi connectivity index (χ0v) is 10.2. The predicted octanol–water partition coefficient (Wildman–Crippen LogP) is 2.71. The summed E-state index contributed by atoms with van der Waals surface area (Å²) in [6.45, 7) is 2.12. The zero-order chi connectivity index (χ0) is 11.7. The van der Waals surface area contributed by atoms with Gasteiger partial charge in [0.05, 0.1) is 6.61 Å². The van der Waals surface area contributed by atoms with Crippen LogP contribution < -0.4 is 0 Å². The molecule has 3 nitrogen and oxygen atoms in total. The second-order valence-electron chi connectivity index (χ2n) is 3.28. The summed E-state index contributed by atoms with van der Waals surface area (Å²) in [5.74, 6) is -0.353. The first-order valence-corrected chi connectivity index (χ1v) is 5.67. The van der Waals surface area contributed by atoms with Crippen LogP contribution in [-0.2, 0) is 4.74 Å². The van der Waals surface area contributed by atoms with Gasteiger partial charge in [-0.05, 0) is 22.9 Å². The van der Waals surface area contributed by atoms with E-state index in [1.165, 1.54) is 0 Å². The van der Waals surface area contributed by atoms with Crippen LogP contribution in [0.3, 0.4) is 0 Å². The minimum atomic E-state index is -0.246. The molecule has 0 unspecified atom stereocenters. The van der Waals surface area contributed by atoms with Crippen molar-refractivity contribution < 1.29 is 14.3 Å². The standard InChI is InChI=1S/C12H9BrO3/c1-2-16-12-9(13)10(14)7-5-3-4-6-8(7)11(12)15/h3-6H,2H2,1H3. The smallest absolute Gasteiger partial charge is 0.229 e. The van der Waals surface area contributed by atoms with Crippen molar-refractivity contribution in [1.82, 2.24) is 0 Å². The molecule has 0 atom stereocenters. The van der Waals surface area contributed by atoms with Gasteiger partial charge in [0.2, 0.25) is 11.6 Å². The first-order valence-electron chi connectivity index (χ1n) is 4.87. The molecule has 1 aliphatic carbocycles. The highest BCUT2D eigenvalue weighted by Gasteiger charge is 2.31. The van der Waals surface area contributed by atoms with Crippen molar-refractivity contribution >= 4 is 27.5 Å². The number of hydrogen-bond donors (Lipinski definition) is 0. The van der Waals surface area contributed by atoms with Crippen molar-refractivity contribution in [3.63, 3.8) is 0 Å². The molecule has 82 valence electrons. The Kier molecular flexibility index (Phi) is 2.92. The molecule has 4 heteroatoms. The Balaban J connectivity index is 2.58. The van der Waals surface area contributed by atoms with Gasteiger partial charge in [0.1, 0.15) is 4.48 Å². The van der Waals surface area contributed by atoms with Crippen LogP contribution in [0, 0.1) is 0 Å². The van der Waals surface area contributed by atoms with Crippen LogP contribution >= 0.6 is 15.9 Å². The highest BCUT2D eigenvalue weighted by molar-refractivity contribution is 9.12. The van der Waals surface area contributed by atoms with Crippen molar-refractivity contribution in [2.45, 2.75) is 6.92 Å². The highest BCUT2D eigenvalue weighted by atomic mass is 79.9. The van der Waals surface area contributed by atoms with Gasteiger partial charge >= 0.3 is 0 Å². The summed E-state index contributed by atoms with van der Waals surface area (Å²) in [6.07, 6.45) is 0. The van der Waals surface area contributed by atoms with Gasteiger partial charge in [-0.2, -0.15) is 0 Å². The molecule has 0 fully saturated rings. The number of allylic oxidation sites excluding steroid dienone is 2. The summed E-state index contributed by atoms with van der Waals surface area (Å²) in [6, 6.07) is 6.73. The van der Waals surface area contributed by atoms with E-state index in [1.54, 1.807) is 31.2 Å². The molecule has 0 bridgehead atoms. The van der Waals surface area contributed by atoms with E-state index in [-0.39, 0.29) is 21.8 Å². The first kappa shape index (κ1) is 11.1. The largest absolute Gasteiger partial charge is 0.488 e. The number of benzene rings is 1. The third kappa shape index (κ3) is 1.59. The molecule has 0 spiro atoms. The lowest BCUT2D eigenvalue weighted by Crippen LogP contribution is -2.21. The van der Waals surface area contributed by atoms with E-state index in [4.69, 9.17) is 4.74 Å². The summed E-state index contributed by atoms with van der Waals surface area (Å²) in [4.78, 5) is 23.9. The number of rotatable bonds is 2. The second kappa shape index (κ2) is 4.22. The maximum atomic E-state index is 12.0. The molecule has 0 aliphatic heterocycles. The van der Waals surface area contributed by atoms with Crippen molar-refractivity contribution in [1.29, 1.82) is 0 Å². The minimum absolute atomic E-state index is 0.103. The molecular weight excluding hydrogens is 272 g/mol. The number of hydrogen-bond acceptors (Lipinski definition) is 3. The van der Waals surface area contributed by atoms with Crippen molar-refractivity contribution in [2.75, 3.05) is 6.61 Å². The van der Waals surface area contributed by atoms with Crippen LogP contribution in [0.2, 0.25) is 0 Å². The van der Waals surface area contributed by atoms with Gasteiger partial charge in [0, 0.05) is 11.1 Å². The average Bonchev–Trinajstić information content (AvgIpc) is 2.32. The lowest BCUT2D eigenvalue weighted by Gasteiger charge is -2.17. The SMILES string of the molecule is CCOC1=C(Br)C(=O)c2ccccc2C1=O. The molecule has 0 saturated heterocycles. The topological polar surface area (TPSA) is 43.4 Å². The van der Waals surface area contributed by atoms with E-state index in [9.17, 15) is 9.59 Å². The fourth-order valence-corrected chi connectivity index (χ4v) is 2.10. The molecule has 1 aromatic carbocycles. The molecule has 2 rings (SSSR count). The number of halogens is 1. The van der Waals surface area contributed by atoms with Gasteiger partial charge in [-0.1, -0.05) is 24.3 Å². The van der Waals surface area contributed by atoms with Gasteiger partial charge in [-0.3, -0.25) is 9.59 Å². The van der Waals surface area contributed by atoms with E-state index in [0.29, 0.717) is 17.7 Å². The van der Waals surface area contributed by atoms with Crippen molar-refractivity contribution in [3.8, 4) is 0 Å². The quantitative estimate of drug-likeness (QED) is 0.837. The Morgan fingerprint density at radius 2 is 1.69 bits per heavy atom. The van der Waals surface area contributed by atoms with Crippen molar-refractivity contribution in [3.05, 3.63) is 45.6 Å². The van der Waals surface area contributed by atoms with Crippen LogP contribution in [-0.4, -0.2) is 18.2 Å². The van der Waals surface area contributed by atoms with Crippen molar-refractivity contribution in [2.24, 2.45) is 0 Å². The van der Waals surface area contributed by atoms with Crippen LogP contribution in [0.4, 0.5) is 0 Å². The highest BCUT2D eigenvalue weighted by Crippen LogP contribution is 2.29. The average molecular weight is 281 g/mol. The fraction of sp³-hybridized carbons (Fsp3) is 0.167. The lowest BCUT2D eigenvalue weighted by atomic mass is 9.94. The maximum Gasteiger partial charge on any atom is 0.229 e. The Labute approximate surface area is 101 Å². The summed E-state index contributed by atoms with van der Waals surface area (Å²) >= 11 is 3.12. The van der Waals surface area contributed by atoms with Crippen LogP contribution in [0.15, 0.2) is 34.5 Å². The Hall–Kier alpha value is -1.42. The van der Waals surface area contributed by atoms with Gasteiger partial charge in [0.15, 0.2) is 5.76 Å². The van der Waals surface area contributed by atoms with Gasteiger partial charge < -0.3 is 4.74 Å². The number of carbonyl (C=O) groups excluding carboxylic acids is 2. The molecule has 0 heterocycles. The molecule has 0 N–H and O–H groups in total. The van der Waals surface area contributed by atoms with Gasteiger partial charge in [-0.25, -0.2) is 0 Å². The van der Waals surface area contributed by atoms with E-state index >= 15 is 0 Å². The van der Waals surface area contributed by atoms with Crippen LogP contribution in [0.25, 0.3) is 0 Å². The van der Waals surface area contributed by atoms with E-state index in [0.717, 1.165) is 0 Å². The maximum absolute atomic E-state index is 12.0. The summed E-state index contributed by atoms with van der Waals surface area (Å²) in [5.41, 5.74) is 0.821. The fourth-order valence-electron chi connectivity index (χ4n) is 1.60. The molecule has 0 radical (unpaired) electrons. The number of fused-ring (bicyclic) bond motifs is 1. The molecule has 0 amide bonds. The lowest BCUT2D eigenvalue weighted by molar-refractivity contribution is 0.0889. The van der Waals surface area contributed by atoms with E-state index in [1.807, 2.05) is 0 Å². The normalized spacial score (nSPS) is 15.1. The van der Waals surface area contributed by atoms with E-state index in [2.05, 4.69) is 15.9 Å². The number of carbonyl (C=O) groups is 2. The molecule has 16 heavy (non-hydrogen) atoms. The van der Waals surface area contributed by atoms with Crippen LogP contribution in [0.1, 0.15) is 27.6 Å². The van der Waals surface area contributed by atoms with Gasteiger partial charge in [0.25, 0.3) is 0 Å². The number of ether oxygens (including phenoxy) is 1. The zero-order valence-electron chi connectivity index (χ0n) is 8.62. The predicted molar refractivity (Wildman–Crippen MR) is 62.7 cm³/mol. The third-order valence-electron chi connectivity index (χ3n) is 2.31. The number of Topliss-reactive ketones (excluding diaryl/α,β-unsaturated/α-hetero) is 2. The van der Waals surface area contributed by atoms with Crippen LogP contribution in [0.5, 0.6) is 0 Å². The molecule has 1 aliphatic rings. The number of ketones is 2. The van der Waals surface area contributed by atoms with Gasteiger partial charge in [-0.15, -0.1) is 0 Å². The Bertz CT molecular complexity index is 503. The third-order valence-corrected chi connectivity index (χ3v) is 3.03. The summed E-state index contributed by atoms with van der Waals surface area (Å²) < 4.78 is 5.40. The molecule has 0 aromatic heterocycles. The first-order chi connectivity index (χ1) is 7.66. The second-order valence-corrected chi connectivity index (χ2v) is 4.07. The molecular formula is C12H9BrO3. The summed E-state index contributed by atoms with van der Waals surface area (Å²) in [5, 5.41) is 0. The molecule has 0 saturated carbocycles. The monoisotopic (exact) mass is 280 g/mol. The Morgan fingerprint density at radius 1 is 1.12 bits per heavy atom. The minimum Gasteiger partial charge on any atom is -0.488 e. The summed E-state index contributed by atoms with van der Waals surface area (Å²) in [7, 11) is 0. The molecule has 1 aromatic rings. The van der Waals surface area contributed by atoms with E-state index < -0.39 is 0 Å². The Morgan fingerprint density at radius 3 is 2.25 bits per heavy atom.